The summed E-state index contributed by atoms with van der Waals surface area (Å²) in [6, 6.07) is 10.8. The molecule has 0 unspecified atom stereocenters. The second kappa shape index (κ2) is 5.40. The highest BCUT2D eigenvalue weighted by Crippen LogP contribution is 2.29. The van der Waals surface area contributed by atoms with Crippen LogP contribution in [0.3, 0.4) is 0 Å². The van der Waals surface area contributed by atoms with Gasteiger partial charge in [0.2, 0.25) is 0 Å². The molecule has 20 heavy (non-hydrogen) atoms. The Hall–Kier alpha value is -2.88. The van der Waals surface area contributed by atoms with Crippen molar-refractivity contribution in [2.45, 2.75) is 0 Å². The summed E-state index contributed by atoms with van der Waals surface area (Å²) in [5, 5.41) is 19.7. The number of benzene rings is 2. The van der Waals surface area contributed by atoms with Crippen molar-refractivity contribution in [2.75, 3.05) is 0 Å². The van der Waals surface area contributed by atoms with Crippen LogP contribution < -0.4 is 0 Å². The molecule has 0 saturated carbocycles. The zero-order valence-electron chi connectivity index (χ0n) is 10.5. The normalized spacial score (nSPS) is 11.3. The average molecular weight is 268 g/mol. The highest BCUT2D eigenvalue weighted by Gasteiger charge is 2.18. The number of fused-ring (bicyclic) bond motifs is 1. The fourth-order valence-electron chi connectivity index (χ4n) is 2.12. The van der Waals surface area contributed by atoms with E-state index in [4.69, 9.17) is 5.11 Å². The Morgan fingerprint density at radius 2 is 1.75 bits per heavy atom. The van der Waals surface area contributed by atoms with Gasteiger partial charge in [-0.05, 0) is 16.3 Å². The smallest absolute Gasteiger partial charge is 0.336 e. The second-order valence-corrected chi connectivity index (χ2v) is 4.16. The fourth-order valence-corrected chi connectivity index (χ4v) is 2.12. The molecule has 0 aliphatic heterocycles. The molecule has 0 atom stereocenters. The van der Waals surface area contributed by atoms with Crippen LogP contribution in [0.5, 0.6) is 0 Å². The summed E-state index contributed by atoms with van der Waals surface area (Å²) >= 11 is 0. The highest BCUT2D eigenvalue weighted by atomic mass is 16.4. The van der Waals surface area contributed by atoms with Crippen LogP contribution in [0.2, 0.25) is 0 Å². The molecule has 4 heteroatoms. The molecule has 0 aromatic heterocycles. The third-order valence-corrected chi connectivity index (χ3v) is 2.95. The van der Waals surface area contributed by atoms with Crippen LogP contribution in [0.25, 0.3) is 22.4 Å². The Morgan fingerprint density at radius 3 is 2.35 bits per heavy atom. The molecule has 0 fully saturated rings. The van der Waals surface area contributed by atoms with Gasteiger partial charge >= 0.3 is 11.9 Å². The molecule has 100 valence electrons. The number of rotatable bonds is 4. The zero-order valence-corrected chi connectivity index (χ0v) is 10.5. The number of hydrogen-bond acceptors (Lipinski definition) is 2. The number of carbonyl (C=O) groups is 2. The average Bonchev–Trinajstić information content (AvgIpc) is 2.43. The lowest BCUT2D eigenvalue weighted by Crippen LogP contribution is -2.05. The lowest BCUT2D eigenvalue weighted by atomic mass is 9.93. The van der Waals surface area contributed by atoms with E-state index in [-0.39, 0.29) is 5.57 Å². The molecule has 0 bridgehead atoms. The van der Waals surface area contributed by atoms with E-state index < -0.39 is 11.9 Å². The van der Waals surface area contributed by atoms with Gasteiger partial charge in [-0.3, -0.25) is 0 Å². The van der Waals surface area contributed by atoms with Crippen molar-refractivity contribution >= 4 is 34.4 Å². The van der Waals surface area contributed by atoms with Gasteiger partial charge in [-0.1, -0.05) is 49.1 Å². The van der Waals surface area contributed by atoms with Crippen LogP contribution in [-0.2, 0) is 9.59 Å². The predicted molar refractivity (Wildman–Crippen MR) is 77.3 cm³/mol. The predicted octanol–water partition coefficient (Wildman–Crippen LogP) is 3.04. The first-order valence-electron chi connectivity index (χ1n) is 5.87. The van der Waals surface area contributed by atoms with E-state index in [1.165, 1.54) is 6.08 Å². The number of aliphatic carboxylic acids is 2. The van der Waals surface area contributed by atoms with Crippen LogP contribution in [0, 0.1) is 0 Å². The minimum atomic E-state index is -1.30. The number of hydrogen-bond donors (Lipinski definition) is 2. The van der Waals surface area contributed by atoms with E-state index in [0.717, 1.165) is 5.39 Å². The molecule has 0 amide bonds. The Morgan fingerprint density at radius 1 is 1.05 bits per heavy atom. The van der Waals surface area contributed by atoms with E-state index in [1.807, 2.05) is 18.2 Å². The van der Waals surface area contributed by atoms with Gasteiger partial charge in [0.05, 0.1) is 5.57 Å². The first-order valence-corrected chi connectivity index (χ1v) is 5.87. The molecule has 0 aliphatic carbocycles. The molecule has 0 saturated heterocycles. The van der Waals surface area contributed by atoms with Gasteiger partial charge in [-0.2, -0.15) is 0 Å². The van der Waals surface area contributed by atoms with Gasteiger partial charge in [0.15, 0.2) is 0 Å². The quantitative estimate of drug-likeness (QED) is 0.836. The van der Waals surface area contributed by atoms with Gasteiger partial charge in [0, 0.05) is 11.6 Å². The lowest BCUT2D eigenvalue weighted by molar-refractivity contribution is -0.133. The highest BCUT2D eigenvalue weighted by molar-refractivity contribution is 6.23. The van der Waals surface area contributed by atoms with Gasteiger partial charge in [0.1, 0.15) is 0 Å². The summed E-state index contributed by atoms with van der Waals surface area (Å²) in [6.45, 7) is 3.65. The molecule has 0 aliphatic rings. The van der Waals surface area contributed by atoms with E-state index >= 15 is 0 Å². The third-order valence-electron chi connectivity index (χ3n) is 2.95. The molecule has 2 N–H and O–H groups in total. The molecule has 2 aromatic rings. The Labute approximate surface area is 115 Å². The van der Waals surface area contributed by atoms with E-state index in [9.17, 15) is 14.7 Å². The minimum Gasteiger partial charge on any atom is -0.478 e. The summed E-state index contributed by atoms with van der Waals surface area (Å²) in [4.78, 5) is 22.2. The summed E-state index contributed by atoms with van der Waals surface area (Å²) in [7, 11) is 0. The van der Waals surface area contributed by atoms with E-state index in [0.29, 0.717) is 22.6 Å². The van der Waals surface area contributed by atoms with Crippen LogP contribution in [-0.4, -0.2) is 22.2 Å². The van der Waals surface area contributed by atoms with Gasteiger partial charge in [-0.15, -0.1) is 0 Å². The van der Waals surface area contributed by atoms with Crippen molar-refractivity contribution < 1.29 is 19.8 Å². The van der Waals surface area contributed by atoms with Crippen LogP contribution in [0.15, 0.2) is 49.1 Å². The zero-order chi connectivity index (χ0) is 14.7. The van der Waals surface area contributed by atoms with Crippen LogP contribution >= 0.6 is 0 Å². The first kappa shape index (κ1) is 13.5. The molecule has 2 rings (SSSR count). The lowest BCUT2D eigenvalue weighted by Gasteiger charge is -2.11. The summed E-state index contributed by atoms with van der Waals surface area (Å²) in [5.41, 5.74) is 0.691. The molecule has 4 nitrogen and oxygen atoms in total. The van der Waals surface area contributed by atoms with Crippen molar-refractivity contribution in [1.82, 2.24) is 0 Å². The minimum absolute atomic E-state index is 0.260. The van der Waals surface area contributed by atoms with Crippen LogP contribution in [0.1, 0.15) is 11.1 Å². The van der Waals surface area contributed by atoms with E-state index in [2.05, 4.69) is 6.58 Å². The van der Waals surface area contributed by atoms with Gasteiger partial charge in [-0.25, -0.2) is 9.59 Å². The topological polar surface area (TPSA) is 74.6 Å². The largest absolute Gasteiger partial charge is 0.478 e. The Kier molecular flexibility index (Phi) is 3.66. The van der Waals surface area contributed by atoms with Crippen molar-refractivity contribution in [1.29, 1.82) is 0 Å². The number of carboxylic acids is 2. The molecular formula is C16H12O4. The maximum absolute atomic E-state index is 11.4. The standard InChI is InChI=1S/C16H12O4/c1-2-10-7-8-11-5-3-4-6-12(11)15(10)13(16(19)20)9-14(17)18/h2-9H,1H2,(H,17,18)(H,19,20). The monoisotopic (exact) mass is 268 g/mol. The Bertz CT molecular complexity index is 741. The molecule has 0 heterocycles. The van der Waals surface area contributed by atoms with Crippen molar-refractivity contribution in [3.05, 3.63) is 60.2 Å². The maximum atomic E-state index is 11.4. The number of carboxylic acid groups (broad SMARTS) is 2. The first-order chi connectivity index (χ1) is 9.54. The van der Waals surface area contributed by atoms with E-state index in [1.54, 1.807) is 18.2 Å². The third kappa shape index (κ3) is 2.44. The van der Waals surface area contributed by atoms with Crippen molar-refractivity contribution in [3.63, 3.8) is 0 Å². The van der Waals surface area contributed by atoms with Crippen molar-refractivity contribution in [2.24, 2.45) is 0 Å². The van der Waals surface area contributed by atoms with Gasteiger partial charge < -0.3 is 10.2 Å². The summed E-state index contributed by atoms with van der Waals surface area (Å²) in [5.74, 6) is -2.59. The molecule has 0 radical (unpaired) electrons. The Balaban J connectivity index is 2.88. The SMILES string of the molecule is C=Cc1ccc2ccccc2c1C(=CC(=O)O)C(=O)O. The van der Waals surface area contributed by atoms with Crippen LogP contribution in [0.4, 0.5) is 0 Å². The second-order valence-electron chi connectivity index (χ2n) is 4.16. The molecule has 2 aromatic carbocycles. The van der Waals surface area contributed by atoms with Crippen molar-refractivity contribution in [3.8, 4) is 0 Å². The molecule has 0 spiro atoms. The molecular weight excluding hydrogens is 256 g/mol. The summed E-state index contributed by atoms with van der Waals surface area (Å²) < 4.78 is 0. The summed E-state index contributed by atoms with van der Waals surface area (Å²) in [6.07, 6.45) is 2.22. The van der Waals surface area contributed by atoms with Gasteiger partial charge in [0.25, 0.3) is 0 Å². The fraction of sp³-hybridized carbons (Fsp3) is 0. The maximum Gasteiger partial charge on any atom is 0.336 e.